The third-order valence-electron chi connectivity index (χ3n) is 4.27. The topological polar surface area (TPSA) is 86.7 Å². The molecule has 21 heavy (non-hydrogen) atoms. The van der Waals surface area contributed by atoms with Crippen molar-refractivity contribution in [3.63, 3.8) is 0 Å². The molecular formula is C13H24O6S2. The summed E-state index contributed by atoms with van der Waals surface area (Å²) in [6.07, 6.45) is 6.02. The van der Waals surface area contributed by atoms with Crippen LogP contribution in [0.2, 0.25) is 0 Å². The normalized spacial score (nSPS) is 34.0. The highest BCUT2D eigenvalue weighted by Crippen LogP contribution is 2.45. The molecule has 0 amide bonds. The van der Waals surface area contributed by atoms with Crippen LogP contribution in [-0.2, 0) is 28.6 Å². The van der Waals surface area contributed by atoms with Crippen LogP contribution in [0, 0.1) is 23.2 Å². The predicted octanol–water partition coefficient (Wildman–Crippen LogP) is 1.40. The summed E-state index contributed by atoms with van der Waals surface area (Å²) in [5.41, 5.74) is -0.526. The van der Waals surface area contributed by atoms with Crippen LogP contribution in [0.3, 0.4) is 0 Å². The Balaban J connectivity index is 3.00. The van der Waals surface area contributed by atoms with E-state index in [1.165, 1.54) is 0 Å². The van der Waals surface area contributed by atoms with Crippen molar-refractivity contribution in [1.29, 1.82) is 0 Å². The van der Waals surface area contributed by atoms with E-state index in [-0.39, 0.29) is 31.0 Å². The van der Waals surface area contributed by atoms with Crippen LogP contribution >= 0.6 is 0 Å². The van der Waals surface area contributed by atoms with Crippen molar-refractivity contribution in [1.82, 2.24) is 0 Å². The minimum atomic E-state index is -3.55. The van der Waals surface area contributed by atoms with E-state index in [4.69, 9.17) is 8.37 Å². The zero-order chi connectivity index (χ0) is 16.5. The van der Waals surface area contributed by atoms with Crippen LogP contribution in [0.4, 0.5) is 0 Å². The molecule has 0 aromatic carbocycles. The molecule has 0 saturated carbocycles. The number of hydrogen-bond acceptors (Lipinski definition) is 6. The number of allylic oxidation sites excluding steroid dienone is 2. The van der Waals surface area contributed by atoms with Crippen molar-refractivity contribution in [2.24, 2.45) is 23.2 Å². The van der Waals surface area contributed by atoms with E-state index < -0.39 is 25.7 Å². The fourth-order valence-electron chi connectivity index (χ4n) is 2.65. The molecule has 6 nitrogen and oxygen atoms in total. The van der Waals surface area contributed by atoms with Gasteiger partial charge in [0.05, 0.1) is 25.7 Å². The van der Waals surface area contributed by atoms with E-state index >= 15 is 0 Å². The lowest BCUT2D eigenvalue weighted by atomic mass is 9.62. The average molecular weight is 340 g/mol. The molecular weight excluding hydrogens is 316 g/mol. The minimum absolute atomic E-state index is 0.000527. The molecule has 0 unspecified atom stereocenters. The van der Waals surface area contributed by atoms with Gasteiger partial charge in [-0.3, -0.25) is 8.37 Å². The van der Waals surface area contributed by atoms with Gasteiger partial charge in [0.25, 0.3) is 20.2 Å². The van der Waals surface area contributed by atoms with Crippen molar-refractivity contribution in [3.8, 4) is 0 Å². The zero-order valence-electron chi connectivity index (χ0n) is 13.1. The SMILES string of the molecule is C[C@H]1C=C[C@H](C)[C@](C)(COS(C)(=O)=O)[C@@H]1COS(C)(=O)=O. The fraction of sp³-hybridized carbons (Fsp3) is 0.846. The zero-order valence-corrected chi connectivity index (χ0v) is 14.7. The second kappa shape index (κ2) is 6.36. The Hall–Kier alpha value is -0.440. The summed E-state index contributed by atoms with van der Waals surface area (Å²) in [6.45, 7) is 5.83. The van der Waals surface area contributed by atoms with E-state index in [1.54, 1.807) is 0 Å². The van der Waals surface area contributed by atoms with Crippen LogP contribution in [0.5, 0.6) is 0 Å². The molecule has 0 heterocycles. The second-order valence-corrected chi connectivity index (χ2v) is 9.39. The van der Waals surface area contributed by atoms with Gasteiger partial charge in [-0.25, -0.2) is 0 Å². The molecule has 1 rings (SSSR count). The van der Waals surface area contributed by atoms with Crippen LogP contribution < -0.4 is 0 Å². The molecule has 0 spiro atoms. The Labute approximate surface area is 127 Å². The van der Waals surface area contributed by atoms with Gasteiger partial charge in [0.15, 0.2) is 0 Å². The van der Waals surface area contributed by atoms with Gasteiger partial charge in [0.1, 0.15) is 0 Å². The van der Waals surface area contributed by atoms with Gasteiger partial charge >= 0.3 is 0 Å². The van der Waals surface area contributed by atoms with Gasteiger partial charge in [-0.1, -0.05) is 32.9 Å². The summed E-state index contributed by atoms with van der Waals surface area (Å²) >= 11 is 0. The van der Waals surface area contributed by atoms with Gasteiger partial charge in [0, 0.05) is 5.41 Å². The molecule has 1 aliphatic rings. The Morgan fingerprint density at radius 1 is 1.00 bits per heavy atom. The number of rotatable bonds is 6. The Morgan fingerprint density at radius 3 is 2.00 bits per heavy atom. The second-order valence-electron chi connectivity index (χ2n) is 6.10. The van der Waals surface area contributed by atoms with Crippen molar-refractivity contribution in [3.05, 3.63) is 12.2 Å². The van der Waals surface area contributed by atoms with Gasteiger partial charge in [-0.15, -0.1) is 0 Å². The lowest BCUT2D eigenvalue weighted by molar-refractivity contribution is 0.00670. The molecule has 0 radical (unpaired) electrons. The molecule has 4 atom stereocenters. The van der Waals surface area contributed by atoms with E-state index in [9.17, 15) is 16.8 Å². The fourth-order valence-corrected chi connectivity index (χ4v) is 3.51. The quantitative estimate of drug-likeness (QED) is 0.536. The highest BCUT2D eigenvalue weighted by molar-refractivity contribution is 7.86. The lowest BCUT2D eigenvalue weighted by Gasteiger charge is -2.45. The molecule has 0 fully saturated rings. The summed E-state index contributed by atoms with van der Waals surface area (Å²) in [5, 5.41) is 0. The summed E-state index contributed by atoms with van der Waals surface area (Å²) in [7, 11) is -7.09. The first-order valence-electron chi connectivity index (χ1n) is 6.72. The molecule has 0 aromatic rings. The largest absolute Gasteiger partial charge is 0.270 e. The first-order chi connectivity index (χ1) is 9.35. The highest BCUT2D eigenvalue weighted by Gasteiger charge is 2.44. The van der Waals surface area contributed by atoms with E-state index in [0.717, 1.165) is 12.5 Å². The number of hydrogen-bond donors (Lipinski definition) is 0. The summed E-state index contributed by atoms with van der Waals surface area (Å²) < 4.78 is 54.9. The molecule has 8 heteroatoms. The monoisotopic (exact) mass is 340 g/mol. The third kappa shape index (κ3) is 5.36. The minimum Gasteiger partial charge on any atom is -0.270 e. The molecule has 1 aliphatic carbocycles. The van der Waals surface area contributed by atoms with Crippen molar-refractivity contribution in [2.45, 2.75) is 20.8 Å². The molecule has 0 N–H and O–H groups in total. The predicted molar refractivity (Wildman–Crippen MR) is 80.7 cm³/mol. The molecule has 0 saturated heterocycles. The standard InChI is InChI=1S/C13H24O6S2/c1-10-6-7-11(2)13(3,9-19-21(5,16)17)12(10)8-18-20(4,14)15/h6-7,10-12H,8-9H2,1-5H3/t10-,11-,12+,13-/m0/s1. The smallest absolute Gasteiger partial charge is 0.264 e. The first kappa shape index (κ1) is 18.6. The maximum Gasteiger partial charge on any atom is 0.264 e. The van der Waals surface area contributed by atoms with Gasteiger partial charge in [0.2, 0.25) is 0 Å². The van der Waals surface area contributed by atoms with Gasteiger partial charge < -0.3 is 0 Å². The summed E-state index contributed by atoms with van der Waals surface area (Å²) in [5.74, 6) is -0.0475. The highest BCUT2D eigenvalue weighted by atomic mass is 32.2. The van der Waals surface area contributed by atoms with Crippen LogP contribution in [-0.4, -0.2) is 42.6 Å². The Morgan fingerprint density at radius 2 is 1.52 bits per heavy atom. The van der Waals surface area contributed by atoms with Gasteiger partial charge in [-0.2, -0.15) is 16.8 Å². The first-order valence-corrected chi connectivity index (χ1v) is 10.4. The maximum absolute atomic E-state index is 11.3. The van der Waals surface area contributed by atoms with E-state index in [0.29, 0.717) is 0 Å². The van der Waals surface area contributed by atoms with Crippen LogP contribution in [0.25, 0.3) is 0 Å². The third-order valence-corrected chi connectivity index (χ3v) is 5.38. The molecule has 0 aromatic heterocycles. The lowest BCUT2D eigenvalue weighted by Crippen LogP contribution is -2.45. The van der Waals surface area contributed by atoms with E-state index in [1.807, 2.05) is 32.9 Å². The van der Waals surface area contributed by atoms with Crippen molar-refractivity contribution in [2.75, 3.05) is 25.7 Å². The Bertz CT molecular complexity index is 592. The van der Waals surface area contributed by atoms with Gasteiger partial charge in [-0.05, 0) is 17.8 Å². The van der Waals surface area contributed by atoms with E-state index in [2.05, 4.69) is 0 Å². The summed E-state index contributed by atoms with van der Waals surface area (Å²) in [6, 6.07) is 0. The molecule has 0 bridgehead atoms. The molecule has 124 valence electrons. The van der Waals surface area contributed by atoms with Crippen LogP contribution in [0.15, 0.2) is 12.2 Å². The van der Waals surface area contributed by atoms with Crippen molar-refractivity contribution >= 4 is 20.2 Å². The van der Waals surface area contributed by atoms with Crippen LogP contribution in [0.1, 0.15) is 20.8 Å². The Kier molecular flexibility index (Phi) is 5.63. The maximum atomic E-state index is 11.3. The average Bonchev–Trinajstić information content (AvgIpc) is 2.29. The molecule has 0 aliphatic heterocycles. The summed E-state index contributed by atoms with van der Waals surface area (Å²) in [4.78, 5) is 0. The van der Waals surface area contributed by atoms with Crippen molar-refractivity contribution < 1.29 is 25.2 Å².